The molecule has 0 aliphatic carbocycles. The van der Waals surface area contributed by atoms with Gasteiger partial charge in [0, 0.05) is 16.3 Å². The Kier molecular flexibility index (Phi) is 4.04. The first-order valence-corrected chi connectivity index (χ1v) is 6.94. The second-order valence-electron chi connectivity index (χ2n) is 4.68. The average Bonchev–Trinajstić information content (AvgIpc) is 2.69. The molecule has 0 atom stereocenters. The zero-order valence-corrected chi connectivity index (χ0v) is 12.3. The van der Waals surface area contributed by atoms with Crippen LogP contribution in [0.2, 0.25) is 0 Å². The van der Waals surface area contributed by atoms with E-state index in [4.69, 9.17) is 0 Å². The van der Waals surface area contributed by atoms with Crippen molar-refractivity contribution in [1.29, 1.82) is 0 Å². The van der Waals surface area contributed by atoms with Crippen LogP contribution in [0.25, 0.3) is 0 Å². The molecule has 0 radical (unpaired) electrons. The molecule has 0 saturated heterocycles. The molecule has 20 heavy (non-hydrogen) atoms. The quantitative estimate of drug-likeness (QED) is 0.674. The fraction of sp³-hybridized carbons (Fsp3) is 0.286. The number of halogens is 1. The molecule has 0 unspecified atom stereocenters. The van der Waals surface area contributed by atoms with Crippen molar-refractivity contribution >= 4 is 22.7 Å². The summed E-state index contributed by atoms with van der Waals surface area (Å²) < 4.78 is 13.4. The maximum absolute atomic E-state index is 13.4. The molecule has 0 aliphatic heterocycles. The largest absolute Gasteiger partial charge is 0.375 e. The molecule has 2 rings (SSSR count). The number of aryl methyl sites for hydroxylation is 3. The third kappa shape index (κ3) is 2.96. The highest BCUT2D eigenvalue weighted by Crippen LogP contribution is 2.29. The number of nitrogens with zero attached hydrogens (tertiary/aromatic N) is 1. The van der Waals surface area contributed by atoms with Crippen LogP contribution in [0.5, 0.6) is 0 Å². The molecule has 0 aliphatic rings. The first-order chi connectivity index (χ1) is 9.38. The van der Waals surface area contributed by atoms with Gasteiger partial charge in [-0.05, 0) is 44.0 Å². The summed E-state index contributed by atoms with van der Waals surface area (Å²) >= 11 is 1.65. The second kappa shape index (κ2) is 5.58. The van der Waals surface area contributed by atoms with Crippen LogP contribution in [-0.4, -0.2) is 4.92 Å². The lowest BCUT2D eigenvalue weighted by Gasteiger charge is -2.07. The Morgan fingerprint density at radius 3 is 2.50 bits per heavy atom. The molecule has 106 valence electrons. The van der Waals surface area contributed by atoms with Gasteiger partial charge in [0.25, 0.3) is 5.69 Å². The zero-order valence-electron chi connectivity index (χ0n) is 11.5. The van der Waals surface area contributed by atoms with Gasteiger partial charge in [0.2, 0.25) is 0 Å². The van der Waals surface area contributed by atoms with E-state index in [-0.39, 0.29) is 5.69 Å². The zero-order chi connectivity index (χ0) is 14.9. The number of hydrogen-bond acceptors (Lipinski definition) is 4. The van der Waals surface area contributed by atoms with E-state index in [9.17, 15) is 14.5 Å². The van der Waals surface area contributed by atoms with E-state index in [2.05, 4.69) is 11.4 Å². The molecule has 1 aromatic heterocycles. The number of nitrogens with one attached hydrogen (secondary N) is 1. The van der Waals surface area contributed by atoms with Crippen molar-refractivity contribution in [2.24, 2.45) is 0 Å². The van der Waals surface area contributed by atoms with Crippen molar-refractivity contribution in [1.82, 2.24) is 0 Å². The molecule has 0 amide bonds. The first kappa shape index (κ1) is 14.5. The predicted molar refractivity (Wildman–Crippen MR) is 78.9 cm³/mol. The fourth-order valence-electron chi connectivity index (χ4n) is 1.88. The number of rotatable bonds is 4. The number of benzene rings is 1. The third-order valence-electron chi connectivity index (χ3n) is 3.14. The summed E-state index contributed by atoms with van der Waals surface area (Å²) in [4.78, 5) is 12.7. The minimum atomic E-state index is -0.574. The van der Waals surface area contributed by atoms with Crippen LogP contribution in [0.3, 0.4) is 0 Å². The predicted octanol–water partition coefficient (Wildman–Crippen LogP) is 4.33. The van der Waals surface area contributed by atoms with Crippen molar-refractivity contribution in [2.45, 2.75) is 27.3 Å². The number of hydrogen-bond donors (Lipinski definition) is 1. The SMILES string of the molecule is Cc1cc(NCc2cc(C)c(C)s2)c([N+](=O)[O-])cc1F. The average molecular weight is 294 g/mol. The van der Waals surface area contributed by atoms with Crippen LogP contribution in [0, 0.1) is 36.7 Å². The molecule has 0 spiro atoms. The van der Waals surface area contributed by atoms with Gasteiger partial charge in [-0.25, -0.2) is 4.39 Å². The molecule has 6 heteroatoms. The van der Waals surface area contributed by atoms with E-state index in [0.717, 1.165) is 10.9 Å². The van der Waals surface area contributed by atoms with E-state index < -0.39 is 10.7 Å². The van der Waals surface area contributed by atoms with Gasteiger partial charge in [-0.3, -0.25) is 10.1 Å². The highest BCUT2D eigenvalue weighted by molar-refractivity contribution is 7.12. The van der Waals surface area contributed by atoms with Crippen LogP contribution in [0.15, 0.2) is 18.2 Å². The summed E-state index contributed by atoms with van der Waals surface area (Å²) in [5, 5.41) is 14.0. The standard InChI is InChI=1S/C14H15FN2O2S/c1-8-4-11(20-10(8)3)7-16-13-5-9(2)12(15)6-14(13)17(18)19/h4-6,16H,7H2,1-3H3. The molecule has 2 aromatic rings. The van der Waals surface area contributed by atoms with E-state index in [1.165, 1.54) is 16.5 Å². The highest BCUT2D eigenvalue weighted by atomic mass is 32.1. The molecular weight excluding hydrogens is 279 g/mol. The Morgan fingerprint density at radius 2 is 1.95 bits per heavy atom. The van der Waals surface area contributed by atoms with Crippen LogP contribution < -0.4 is 5.32 Å². The second-order valence-corrected chi connectivity index (χ2v) is 6.02. The maximum Gasteiger partial charge on any atom is 0.295 e. The monoisotopic (exact) mass is 294 g/mol. The van der Waals surface area contributed by atoms with Crippen LogP contribution >= 0.6 is 11.3 Å². The lowest BCUT2D eigenvalue weighted by atomic mass is 10.1. The summed E-state index contributed by atoms with van der Waals surface area (Å²) in [6, 6.07) is 4.48. The molecule has 0 saturated carbocycles. The van der Waals surface area contributed by atoms with E-state index in [0.29, 0.717) is 17.8 Å². The van der Waals surface area contributed by atoms with Crippen molar-refractivity contribution < 1.29 is 9.31 Å². The molecule has 1 heterocycles. The Hall–Kier alpha value is -1.95. The highest BCUT2D eigenvalue weighted by Gasteiger charge is 2.17. The molecule has 4 nitrogen and oxygen atoms in total. The molecule has 1 aromatic carbocycles. The number of anilines is 1. The number of nitro groups is 1. The molecule has 0 fully saturated rings. The molecule has 0 bridgehead atoms. The van der Waals surface area contributed by atoms with Crippen molar-refractivity contribution in [2.75, 3.05) is 5.32 Å². The first-order valence-electron chi connectivity index (χ1n) is 6.13. The van der Waals surface area contributed by atoms with E-state index in [1.807, 2.05) is 13.8 Å². The van der Waals surface area contributed by atoms with E-state index in [1.54, 1.807) is 18.3 Å². The van der Waals surface area contributed by atoms with Gasteiger partial charge in [-0.2, -0.15) is 0 Å². The van der Waals surface area contributed by atoms with Crippen LogP contribution in [0.1, 0.15) is 20.9 Å². The van der Waals surface area contributed by atoms with Gasteiger partial charge in [0.05, 0.1) is 11.0 Å². The van der Waals surface area contributed by atoms with Crippen molar-refractivity contribution in [3.8, 4) is 0 Å². The Bertz CT molecular complexity index is 648. The number of thiophene rings is 1. The third-order valence-corrected chi connectivity index (χ3v) is 4.30. The van der Waals surface area contributed by atoms with Crippen molar-refractivity contribution in [3.05, 3.63) is 55.0 Å². The van der Waals surface area contributed by atoms with Gasteiger partial charge in [-0.15, -0.1) is 11.3 Å². The van der Waals surface area contributed by atoms with Gasteiger partial charge in [0.15, 0.2) is 0 Å². The number of nitro benzene ring substituents is 1. The van der Waals surface area contributed by atoms with Gasteiger partial charge in [-0.1, -0.05) is 0 Å². The topological polar surface area (TPSA) is 55.2 Å². The minimum absolute atomic E-state index is 0.238. The Balaban J connectivity index is 2.24. The van der Waals surface area contributed by atoms with Crippen molar-refractivity contribution in [3.63, 3.8) is 0 Å². The van der Waals surface area contributed by atoms with Crippen LogP contribution in [-0.2, 0) is 6.54 Å². The Morgan fingerprint density at radius 1 is 1.25 bits per heavy atom. The maximum atomic E-state index is 13.4. The van der Waals surface area contributed by atoms with E-state index >= 15 is 0 Å². The summed E-state index contributed by atoms with van der Waals surface area (Å²) in [7, 11) is 0. The summed E-state index contributed by atoms with van der Waals surface area (Å²) in [5.41, 5.74) is 1.70. The van der Waals surface area contributed by atoms with Gasteiger partial charge >= 0.3 is 0 Å². The summed E-state index contributed by atoms with van der Waals surface area (Å²) in [5.74, 6) is -0.565. The van der Waals surface area contributed by atoms with Crippen LogP contribution in [0.4, 0.5) is 15.8 Å². The smallest absolute Gasteiger partial charge is 0.295 e. The fourth-order valence-corrected chi connectivity index (χ4v) is 2.88. The lowest BCUT2D eigenvalue weighted by molar-refractivity contribution is -0.384. The normalized spacial score (nSPS) is 10.6. The lowest BCUT2D eigenvalue weighted by Crippen LogP contribution is -2.03. The Labute approximate surface area is 120 Å². The molecular formula is C14H15FN2O2S. The van der Waals surface area contributed by atoms with Gasteiger partial charge < -0.3 is 5.32 Å². The summed E-state index contributed by atoms with van der Waals surface area (Å²) in [6.07, 6.45) is 0. The summed E-state index contributed by atoms with van der Waals surface area (Å²) in [6.45, 7) is 6.14. The molecule has 1 N–H and O–H groups in total. The van der Waals surface area contributed by atoms with Gasteiger partial charge in [0.1, 0.15) is 11.5 Å². The minimum Gasteiger partial charge on any atom is -0.375 e.